The molecule has 9 heteroatoms. The number of carbonyl (C=O) groups excluding carboxylic acids is 2. The first kappa shape index (κ1) is 16.9. The van der Waals surface area contributed by atoms with Gasteiger partial charge in [-0.2, -0.15) is 0 Å². The Bertz CT molecular complexity index is 555. The van der Waals surface area contributed by atoms with Crippen molar-refractivity contribution in [2.75, 3.05) is 6.54 Å². The van der Waals surface area contributed by atoms with Crippen LogP contribution in [0.25, 0.3) is 0 Å². The Balaban J connectivity index is 2.68. The minimum atomic E-state index is -1.04. The van der Waals surface area contributed by atoms with Crippen molar-refractivity contribution in [3.05, 3.63) is 15.6 Å². The van der Waals surface area contributed by atoms with Gasteiger partial charge in [-0.25, -0.2) is 14.6 Å². The Labute approximate surface area is 126 Å². The zero-order valence-corrected chi connectivity index (χ0v) is 12.9. The van der Waals surface area contributed by atoms with Gasteiger partial charge in [0, 0.05) is 6.04 Å². The lowest BCUT2D eigenvalue weighted by molar-refractivity contribution is -0.118. The Morgan fingerprint density at radius 2 is 2.05 bits per heavy atom. The number of rotatable bonds is 6. The highest BCUT2D eigenvalue weighted by Crippen LogP contribution is 2.17. The molecular formula is C12H18N4O4S. The van der Waals surface area contributed by atoms with Crippen LogP contribution >= 0.6 is 11.3 Å². The van der Waals surface area contributed by atoms with E-state index in [0.717, 1.165) is 11.3 Å². The SMILES string of the molecule is Cc1nc(CNC(=O)N(CC(N)=O)C(C)C)sc1C(=O)O. The molecule has 21 heavy (non-hydrogen) atoms. The van der Waals surface area contributed by atoms with Gasteiger partial charge in [-0.3, -0.25) is 4.79 Å². The first-order valence-corrected chi connectivity index (χ1v) is 7.06. The van der Waals surface area contributed by atoms with Crippen molar-refractivity contribution in [1.29, 1.82) is 0 Å². The van der Waals surface area contributed by atoms with Gasteiger partial charge in [0.25, 0.3) is 0 Å². The lowest BCUT2D eigenvalue weighted by atomic mass is 10.3. The molecule has 0 aromatic carbocycles. The van der Waals surface area contributed by atoms with Gasteiger partial charge >= 0.3 is 12.0 Å². The molecule has 0 atom stereocenters. The van der Waals surface area contributed by atoms with Crippen LogP contribution in [-0.4, -0.2) is 45.5 Å². The molecule has 1 aromatic rings. The number of primary amides is 1. The van der Waals surface area contributed by atoms with E-state index in [4.69, 9.17) is 10.8 Å². The van der Waals surface area contributed by atoms with Gasteiger partial charge in [-0.1, -0.05) is 0 Å². The van der Waals surface area contributed by atoms with Crippen molar-refractivity contribution in [1.82, 2.24) is 15.2 Å². The number of nitrogens with one attached hydrogen (secondary N) is 1. The molecule has 0 saturated heterocycles. The third kappa shape index (κ3) is 4.71. The van der Waals surface area contributed by atoms with Crippen molar-refractivity contribution < 1.29 is 19.5 Å². The Kier molecular flexibility index (Phi) is 5.65. The van der Waals surface area contributed by atoms with Crippen LogP contribution in [0.1, 0.15) is 34.2 Å². The molecule has 0 aliphatic carbocycles. The van der Waals surface area contributed by atoms with Crippen LogP contribution in [0.5, 0.6) is 0 Å². The van der Waals surface area contributed by atoms with Crippen LogP contribution in [0.15, 0.2) is 0 Å². The van der Waals surface area contributed by atoms with Crippen LogP contribution in [0.3, 0.4) is 0 Å². The Morgan fingerprint density at radius 1 is 1.43 bits per heavy atom. The minimum absolute atomic E-state index is 0.0968. The monoisotopic (exact) mass is 314 g/mol. The van der Waals surface area contributed by atoms with E-state index in [1.165, 1.54) is 4.90 Å². The van der Waals surface area contributed by atoms with E-state index in [0.29, 0.717) is 10.7 Å². The fourth-order valence-electron chi connectivity index (χ4n) is 1.64. The van der Waals surface area contributed by atoms with E-state index in [1.807, 2.05) is 0 Å². The number of carboxylic acids is 1. The number of thiazole rings is 1. The molecule has 1 heterocycles. The number of aromatic carboxylic acids is 1. The predicted molar refractivity (Wildman–Crippen MR) is 77.1 cm³/mol. The molecule has 0 saturated carbocycles. The summed E-state index contributed by atoms with van der Waals surface area (Å²) in [6, 6.07) is -0.640. The van der Waals surface area contributed by atoms with E-state index in [2.05, 4.69) is 10.3 Å². The third-order valence-electron chi connectivity index (χ3n) is 2.64. The number of carbonyl (C=O) groups is 3. The summed E-state index contributed by atoms with van der Waals surface area (Å²) in [5.74, 6) is -1.64. The number of carboxylic acid groups (broad SMARTS) is 1. The number of nitrogens with two attached hydrogens (primary N) is 1. The molecule has 0 aliphatic rings. The van der Waals surface area contributed by atoms with Crippen molar-refractivity contribution in [2.24, 2.45) is 5.73 Å². The molecule has 0 radical (unpaired) electrons. The molecule has 3 amide bonds. The number of aromatic nitrogens is 1. The fraction of sp³-hybridized carbons (Fsp3) is 0.500. The van der Waals surface area contributed by atoms with E-state index < -0.39 is 17.9 Å². The lowest BCUT2D eigenvalue weighted by Gasteiger charge is -2.25. The molecule has 0 unspecified atom stereocenters. The second kappa shape index (κ2) is 7.02. The van der Waals surface area contributed by atoms with Gasteiger partial charge in [-0.15, -0.1) is 11.3 Å². The maximum atomic E-state index is 12.0. The predicted octanol–water partition coefficient (Wildman–Crippen LogP) is 0.555. The number of hydrogen-bond donors (Lipinski definition) is 3. The summed E-state index contributed by atoms with van der Waals surface area (Å²) < 4.78 is 0. The van der Waals surface area contributed by atoms with Crippen LogP contribution < -0.4 is 11.1 Å². The molecule has 0 bridgehead atoms. The van der Waals surface area contributed by atoms with Gasteiger partial charge in [0.15, 0.2) is 0 Å². The summed E-state index contributed by atoms with van der Waals surface area (Å²) in [7, 11) is 0. The summed E-state index contributed by atoms with van der Waals surface area (Å²) >= 11 is 1.01. The highest BCUT2D eigenvalue weighted by molar-refractivity contribution is 7.13. The molecule has 116 valence electrons. The van der Waals surface area contributed by atoms with Crippen molar-refractivity contribution in [3.63, 3.8) is 0 Å². The molecule has 1 aromatic heterocycles. The molecule has 1 rings (SSSR count). The first-order valence-electron chi connectivity index (χ1n) is 6.24. The summed E-state index contributed by atoms with van der Waals surface area (Å²) in [5, 5.41) is 12.0. The van der Waals surface area contributed by atoms with E-state index >= 15 is 0 Å². The number of urea groups is 1. The van der Waals surface area contributed by atoms with Gasteiger partial charge in [0.1, 0.15) is 16.4 Å². The third-order valence-corrected chi connectivity index (χ3v) is 3.78. The fourth-order valence-corrected chi connectivity index (χ4v) is 2.48. The number of hydrogen-bond acceptors (Lipinski definition) is 5. The van der Waals surface area contributed by atoms with E-state index in [1.54, 1.807) is 20.8 Å². The smallest absolute Gasteiger partial charge is 0.347 e. The molecular weight excluding hydrogens is 296 g/mol. The number of aryl methyl sites for hydroxylation is 1. The van der Waals surface area contributed by atoms with Crippen LogP contribution in [0.4, 0.5) is 4.79 Å². The molecule has 0 spiro atoms. The normalized spacial score (nSPS) is 10.5. The maximum Gasteiger partial charge on any atom is 0.347 e. The molecule has 0 aliphatic heterocycles. The Hall–Kier alpha value is -2.16. The topological polar surface area (TPSA) is 126 Å². The Morgan fingerprint density at radius 3 is 2.48 bits per heavy atom. The largest absolute Gasteiger partial charge is 0.477 e. The second-order valence-electron chi connectivity index (χ2n) is 4.67. The van der Waals surface area contributed by atoms with Crippen molar-refractivity contribution in [2.45, 2.75) is 33.4 Å². The first-order chi connectivity index (χ1) is 9.72. The van der Waals surface area contributed by atoms with Crippen LogP contribution in [0.2, 0.25) is 0 Å². The summed E-state index contributed by atoms with van der Waals surface area (Å²) in [4.78, 5) is 39.4. The highest BCUT2D eigenvalue weighted by Gasteiger charge is 2.20. The minimum Gasteiger partial charge on any atom is -0.477 e. The molecule has 4 N–H and O–H groups in total. The average Bonchev–Trinajstić information content (AvgIpc) is 2.74. The van der Waals surface area contributed by atoms with Gasteiger partial charge in [0.05, 0.1) is 12.2 Å². The summed E-state index contributed by atoms with van der Waals surface area (Å²) in [5.41, 5.74) is 5.51. The number of nitrogens with zero attached hydrogens (tertiary/aromatic N) is 2. The van der Waals surface area contributed by atoms with Crippen LogP contribution in [-0.2, 0) is 11.3 Å². The second-order valence-corrected chi connectivity index (χ2v) is 5.76. The zero-order valence-electron chi connectivity index (χ0n) is 12.0. The summed E-state index contributed by atoms with van der Waals surface area (Å²) in [6.45, 7) is 5.04. The molecule has 0 fully saturated rings. The maximum absolute atomic E-state index is 12.0. The van der Waals surface area contributed by atoms with Gasteiger partial charge in [0.2, 0.25) is 5.91 Å². The summed E-state index contributed by atoms with van der Waals surface area (Å²) in [6.07, 6.45) is 0. The molecule has 8 nitrogen and oxygen atoms in total. The standard InChI is InChI=1S/C12H18N4O4S/c1-6(2)16(5-8(13)17)12(20)14-4-9-15-7(3)10(21-9)11(18)19/h6H,4-5H2,1-3H3,(H2,13,17)(H,14,20)(H,18,19). The van der Waals surface area contributed by atoms with Gasteiger partial charge in [-0.05, 0) is 20.8 Å². The highest BCUT2D eigenvalue weighted by atomic mass is 32.1. The average molecular weight is 314 g/mol. The quantitative estimate of drug-likeness (QED) is 0.707. The number of amides is 3. The van der Waals surface area contributed by atoms with Crippen molar-refractivity contribution in [3.8, 4) is 0 Å². The lowest BCUT2D eigenvalue weighted by Crippen LogP contribution is -2.47. The van der Waals surface area contributed by atoms with E-state index in [-0.39, 0.29) is 24.0 Å². The van der Waals surface area contributed by atoms with Crippen molar-refractivity contribution >= 4 is 29.2 Å². The zero-order chi connectivity index (χ0) is 16.2. The van der Waals surface area contributed by atoms with Crippen LogP contribution in [0, 0.1) is 6.92 Å². The van der Waals surface area contributed by atoms with Gasteiger partial charge < -0.3 is 21.1 Å². The van der Waals surface area contributed by atoms with E-state index in [9.17, 15) is 14.4 Å².